The van der Waals surface area contributed by atoms with Crippen molar-refractivity contribution >= 4 is 0 Å². The number of fused-ring (bicyclic) bond motifs is 1. The summed E-state index contributed by atoms with van der Waals surface area (Å²) < 4.78 is 31.1. The van der Waals surface area contributed by atoms with Gasteiger partial charge in [-0.3, -0.25) is 0 Å². The second kappa shape index (κ2) is 2.29. The molecule has 3 heteroatoms. The molecule has 0 aliphatic carbocycles. The molecule has 0 amide bonds. The van der Waals surface area contributed by atoms with E-state index in [2.05, 4.69) is 4.74 Å². The van der Waals surface area contributed by atoms with Gasteiger partial charge in [0, 0.05) is 0 Å². The molecule has 0 atom stereocenters. The number of halogens is 2. The summed E-state index contributed by atoms with van der Waals surface area (Å²) in [4.78, 5) is 0. The molecular formula is C10H10F2O. The topological polar surface area (TPSA) is 9.23 Å². The number of rotatable bonds is 0. The minimum atomic E-state index is -3.14. The summed E-state index contributed by atoms with van der Waals surface area (Å²) in [6.45, 7) is 3.29. The highest BCUT2D eigenvalue weighted by molar-refractivity contribution is 5.37. The van der Waals surface area contributed by atoms with Crippen LogP contribution in [0.3, 0.4) is 0 Å². The van der Waals surface area contributed by atoms with Crippen molar-refractivity contribution in [1.29, 1.82) is 0 Å². The summed E-state index contributed by atoms with van der Waals surface area (Å²) in [6.07, 6.45) is -3.14. The molecule has 0 spiro atoms. The predicted molar refractivity (Wildman–Crippen MR) is 44.4 cm³/mol. The Hall–Kier alpha value is -0.960. The molecule has 0 bridgehead atoms. The van der Waals surface area contributed by atoms with Gasteiger partial charge < -0.3 is 4.74 Å². The van der Waals surface area contributed by atoms with Gasteiger partial charge in [0.1, 0.15) is 0 Å². The quantitative estimate of drug-likeness (QED) is 0.602. The smallest absolute Gasteiger partial charge is 0.306 e. The van der Waals surface area contributed by atoms with E-state index in [-0.39, 0.29) is 5.56 Å². The monoisotopic (exact) mass is 184 g/mol. The van der Waals surface area contributed by atoms with Crippen LogP contribution in [0.15, 0.2) is 24.3 Å². The highest BCUT2D eigenvalue weighted by Gasteiger charge is 2.50. The second-order valence-electron chi connectivity index (χ2n) is 3.67. The number of ether oxygens (including phenoxy) is 1. The van der Waals surface area contributed by atoms with E-state index in [9.17, 15) is 8.78 Å². The van der Waals surface area contributed by atoms with Crippen molar-refractivity contribution in [2.24, 2.45) is 0 Å². The van der Waals surface area contributed by atoms with Crippen molar-refractivity contribution < 1.29 is 13.5 Å². The third kappa shape index (κ3) is 1.15. The molecule has 0 fully saturated rings. The molecule has 1 nitrogen and oxygen atoms in total. The van der Waals surface area contributed by atoms with E-state index in [0.29, 0.717) is 5.56 Å². The van der Waals surface area contributed by atoms with Crippen LogP contribution >= 0.6 is 0 Å². The lowest BCUT2D eigenvalue weighted by Gasteiger charge is -2.19. The molecule has 0 N–H and O–H groups in total. The van der Waals surface area contributed by atoms with Gasteiger partial charge in [0.2, 0.25) is 0 Å². The van der Waals surface area contributed by atoms with Crippen molar-refractivity contribution in [3.63, 3.8) is 0 Å². The summed E-state index contributed by atoms with van der Waals surface area (Å²) in [5, 5.41) is 0. The molecule has 1 aliphatic heterocycles. The molecule has 1 aromatic carbocycles. The lowest BCUT2D eigenvalue weighted by molar-refractivity contribution is -0.281. The largest absolute Gasteiger partial charge is 0.384 e. The Kier molecular flexibility index (Phi) is 1.52. The standard InChI is InChI=1S/C10H10F2O/c1-9(2)7-5-3-4-6-8(7)10(11,12)13-9/h3-6H,1-2H3. The minimum absolute atomic E-state index is 0.0139. The second-order valence-corrected chi connectivity index (χ2v) is 3.67. The summed E-state index contributed by atoms with van der Waals surface area (Å²) in [7, 11) is 0. The Morgan fingerprint density at radius 2 is 1.62 bits per heavy atom. The molecule has 1 aliphatic rings. The van der Waals surface area contributed by atoms with E-state index in [1.54, 1.807) is 32.0 Å². The van der Waals surface area contributed by atoms with Crippen LogP contribution in [0.25, 0.3) is 0 Å². The highest BCUT2D eigenvalue weighted by atomic mass is 19.3. The van der Waals surface area contributed by atoms with Gasteiger partial charge in [0.15, 0.2) is 0 Å². The number of alkyl halides is 2. The van der Waals surface area contributed by atoms with Crippen LogP contribution < -0.4 is 0 Å². The summed E-state index contributed by atoms with van der Waals surface area (Å²) >= 11 is 0. The zero-order valence-electron chi connectivity index (χ0n) is 7.47. The maximum Gasteiger partial charge on any atom is 0.384 e. The van der Waals surface area contributed by atoms with Crippen LogP contribution in [0, 0.1) is 0 Å². The first kappa shape index (κ1) is 8.63. The van der Waals surface area contributed by atoms with Crippen molar-refractivity contribution in [1.82, 2.24) is 0 Å². The van der Waals surface area contributed by atoms with Crippen molar-refractivity contribution in [3.8, 4) is 0 Å². The average molecular weight is 184 g/mol. The Morgan fingerprint density at radius 1 is 1.08 bits per heavy atom. The van der Waals surface area contributed by atoms with E-state index >= 15 is 0 Å². The van der Waals surface area contributed by atoms with Gasteiger partial charge in [-0.1, -0.05) is 18.2 Å². The summed E-state index contributed by atoms with van der Waals surface area (Å²) in [5.74, 6) is 0. The van der Waals surface area contributed by atoms with Crippen LogP contribution in [0.2, 0.25) is 0 Å². The fraction of sp³-hybridized carbons (Fsp3) is 0.400. The van der Waals surface area contributed by atoms with Crippen molar-refractivity contribution in [2.75, 3.05) is 0 Å². The van der Waals surface area contributed by atoms with E-state index in [4.69, 9.17) is 0 Å². The van der Waals surface area contributed by atoms with Crippen LogP contribution in [0.4, 0.5) is 8.78 Å². The minimum Gasteiger partial charge on any atom is -0.306 e. The molecule has 0 radical (unpaired) electrons. The first-order valence-corrected chi connectivity index (χ1v) is 4.11. The Labute approximate surface area is 75.3 Å². The van der Waals surface area contributed by atoms with E-state index < -0.39 is 11.7 Å². The highest BCUT2D eigenvalue weighted by Crippen LogP contribution is 2.48. The molecule has 70 valence electrons. The van der Waals surface area contributed by atoms with Crippen LogP contribution in [0.1, 0.15) is 25.0 Å². The third-order valence-corrected chi connectivity index (χ3v) is 2.27. The van der Waals surface area contributed by atoms with Crippen molar-refractivity contribution in [2.45, 2.75) is 25.6 Å². The average Bonchev–Trinajstić information content (AvgIpc) is 2.20. The molecule has 1 aromatic rings. The van der Waals surface area contributed by atoms with Gasteiger partial charge in [0.05, 0.1) is 11.2 Å². The summed E-state index contributed by atoms with van der Waals surface area (Å²) in [5.41, 5.74) is -0.333. The lowest BCUT2D eigenvalue weighted by Crippen LogP contribution is -2.20. The van der Waals surface area contributed by atoms with E-state index in [1.807, 2.05) is 0 Å². The number of hydrogen-bond acceptors (Lipinski definition) is 1. The third-order valence-electron chi connectivity index (χ3n) is 2.27. The Bertz CT molecular complexity index is 312. The first-order valence-electron chi connectivity index (χ1n) is 4.11. The van der Waals surface area contributed by atoms with Gasteiger partial charge in [-0.25, -0.2) is 0 Å². The molecule has 0 unspecified atom stereocenters. The fourth-order valence-corrected chi connectivity index (χ4v) is 1.69. The normalized spacial score (nSPS) is 22.8. The maximum absolute atomic E-state index is 13.2. The van der Waals surface area contributed by atoms with E-state index in [1.165, 1.54) is 6.07 Å². The summed E-state index contributed by atoms with van der Waals surface area (Å²) in [6, 6.07) is 6.42. The zero-order chi connectivity index (χ0) is 9.69. The van der Waals surface area contributed by atoms with Gasteiger partial charge in [-0.05, 0) is 25.5 Å². The molecule has 13 heavy (non-hydrogen) atoms. The zero-order valence-corrected chi connectivity index (χ0v) is 7.47. The van der Waals surface area contributed by atoms with Gasteiger partial charge in [-0.15, -0.1) is 0 Å². The Morgan fingerprint density at radius 3 is 2.15 bits per heavy atom. The van der Waals surface area contributed by atoms with Crippen LogP contribution in [-0.2, 0) is 16.4 Å². The SMILES string of the molecule is CC1(C)OC(F)(F)c2ccccc21. The van der Waals surface area contributed by atoms with Gasteiger partial charge in [-0.2, -0.15) is 8.78 Å². The van der Waals surface area contributed by atoms with Crippen LogP contribution in [0.5, 0.6) is 0 Å². The maximum atomic E-state index is 13.2. The van der Waals surface area contributed by atoms with Crippen molar-refractivity contribution in [3.05, 3.63) is 35.4 Å². The molecule has 0 saturated heterocycles. The van der Waals surface area contributed by atoms with Gasteiger partial charge >= 0.3 is 6.11 Å². The Balaban J connectivity index is 2.64. The molecular weight excluding hydrogens is 174 g/mol. The lowest BCUT2D eigenvalue weighted by atomic mass is 9.96. The van der Waals surface area contributed by atoms with E-state index in [0.717, 1.165) is 0 Å². The molecule has 0 aromatic heterocycles. The molecule has 2 rings (SSSR count). The van der Waals surface area contributed by atoms with Crippen LogP contribution in [-0.4, -0.2) is 0 Å². The molecule has 1 heterocycles. The van der Waals surface area contributed by atoms with Gasteiger partial charge in [0.25, 0.3) is 0 Å². The molecule has 0 saturated carbocycles. The fourth-order valence-electron chi connectivity index (χ4n) is 1.69. The number of benzene rings is 1. The first-order chi connectivity index (χ1) is 5.93. The number of hydrogen-bond donors (Lipinski definition) is 0. The predicted octanol–water partition coefficient (Wildman–Crippen LogP) is 3.00.